The highest BCUT2D eigenvalue weighted by Crippen LogP contribution is 2.30. The van der Waals surface area contributed by atoms with Crippen LogP contribution in [-0.4, -0.2) is 0 Å². The minimum Gasteiger partial charge on any atom is -0.0732 e. The van der Waals surface area contributed by atoms with E-state index in [9.17, 15) is 0 Å². The van der Waals surface area contributed by atoms with Gasteiger partial charge in [0.25, 0.3) is 0 Å². The minimum absolute atomic E-state index is 0.496. The Morgan fingerprint density at radius 1 is 1.13 bits per heavy atom. The Morgan fingerprint density at radius 3 is 2.73 bits per heavy atom. The lowest BCUT2D eigenvalue weighted by Gasteiger charge is -2.08. The van der Waals surface area contributed by atoms with Gasteiger partial charge in [-0.15, -0.1) is 0 Å². The van der Waals surface area contributed by atoms with Crippen molar-refractivity contribution in [2.24, 2.45) is 0 Å². The molecule has 2 aliphatic carbocycles. The second kappa shape index (κ2) is 3.23. The van der Waals surface area contributed by atoms with Crippen molar-refractivity contribution in [1.29, 1.82) is 0 Å². The first kappa shape index (κ1) is 8.72. The molecule has 1 aromatic carbocycles. The zero-order chi connectivity index (χ0) is 10.3. The molecule has 0 N–H and O–H groups in total. The molecule has 0 aromatic heterocycles. The van der Waals surface area contributed by atoms with Crippen LogP contribution in [0.4, 0.5) is 0 Å². The standard InChI is InChI=1S/C15H14/c1-11-8-13-6-7-14(10-15(13)9-11)12-4-2-3-5-12/h2-8,10,12H,9H2,1H3. The summed E-state index contributed by atoms with van der Waals surface area (Å²) in [5.41, 5.74) is 5.78. The Labute approximate surface area is 90.6 Å². The predicted molar refractivity (Wildman–Crippen MR) is 64.8 cm³/mol. The van der Waals surface area contributed by atoms with Gasteiger partial charge in [-0.2, -0.15) is 0 Å². The van der Waals surface area contributed by atoms with Crippen molar-refractivity contribution < 1.29 is 0 Å². The second-order valence-electron chi connectivity index (χ2n) is 4.42. The van der Waals surface area contributed by atoms with Gasteiger partial charge in [-0.3, -0.25) is 0 Å². The molecule has 1 aromatic rings. The fraction of sp³-hybridized carbons (Fsp3) is 0.200. The quantitative estimate of drug-likeness (QED) is 0.637. The van der Waals surface area contributed by atoms with E-state index in [2.05, 4.69) is 55.5 Å². The number of hydrogen-bond acceptors (Lipinski definition) is 0. The number of rotatable bonds is 1. The molecule has 15 heavy (non-hydrogen) atoms. The minimum atomic E-state index is 0.496. The molecule has 0 nitrogen and oxygen atoms in total. The number of hydrogen-bond donors (Lipinski definition) is 0. The molecule has 2 aliphatic rings. The molecule has 0 fully saturated rings. The molecule has 0 bridgehead atoms. The van der Waals surface area contributed by atoms with Crippen LogP contribution in [0.25, 0.3) is 6.08 Å². The molecule has 3 rings (SSSR count). The normalized spacial score (nSPS) is 18.3. The van der Waals surface area contributed by atoms with Gasteiger partial charge in [0.15, 0.2) is 0 Å². The summed E-state index contributed by atoms with van der Waals surface area (Å²) < 4.78 is 0. The van der Waals surface area contributed by atoms with Gasteiger partial charge in [0.2, 0.25) is 0 Å². The lowest BCUT2D eigenvalue weighted by molar-refractivity contribution is 1.08. The van der Waals surface area contributed by atoms with Crippen LogP contribution >= 0.6 is 0 Å². The monoisotopic (exact) mass is 194 g/mol. The van der Waals surface area contributed by atoms with E-state index in [4.69, 9.17) is 0 Å². The van der Waals surface area contributed by atoms with Crippen LogP contribution in [0.15, 0.2) is 48.1 Å². The number of fused-ring (bicyclic) bond motifs is 1. The van der Waals surface area contributed by atoms with E-state index < -0.39 is 0 Å². The van der Waals surface area contributed by atoms with Crippen molar-refractivity contribution in [3.8, 4) is 0 Å². The summed E-state index contributed by atoms with van der Waals surface area (Å²) in [6, 6.07) is 6.85. The smallest absolute Gasteiger partial charge is 0.0204 e. The Morgan fingerprint density at radius 2 is 1.93 bits per heavy atom. The molecule has 0 unspecified atom stereocenters. The van der Waals surface area contributed by atoms with E-state index in [1.807, 2.05) is 0 Å². The van der Waals surface area contributed by atoms with Gasteiger partial charge in [-0.25, -0.2) is 0 Å². The molecule has 0 heteroatoms. The van der Waals surface area contributed by atoms with Gasteiger partial charge in [-0.1, -0.05) is 54.2 Å². The maximum atomic E-state index is 2.35. The van der Waals surface area contributed by atoms with E-state index in [0.29, 0.717) is 5.92 Å². The third kappa shape index (κ3) is 1.46. The summed E-state index contributed by atoms with van der Waals surface area (Å²) >= 11 is 0. The lowest BCUT2D eigenvalue weighted by atomic mass is 9.96. The highest BCUT2D eigenvalue weighted by molar-refractivity contribution is 5.64. The van der Waals surface area contributed by atoms with E-state index in [1.165, 1.54) is 22.3 Å². The third-order valence-electron chi connectivity index (χ3n) is 3.17. The Hall–Kier alpha value is -1.56. The van der Waals surface area contributed by atoms with Gasteiger partial charge >= 0.3 is 0 Å². The van der Waals surface area contributed by atoms with Gasteiger partial charge in [0.1, 0.15) is 0 Å². The summed E-state index contributed by atoms with van der Waals surface area (Å²) in [5.74, 6) is 0.496. The highest BCUT2D eigenvalue weighted by atomic mass is 14.2. The first-order valence-corrected chi connectivity index (χ1v) is 5.48. The Balaban J connectivity index is 1.99. The molecule has 0 saturated carbocycles. The molecule has 0 aliphatic heterocycles. The molecule has 0 atom stereocenters. The van der Waals surface area contributed by atoms with E-state index in [0.717, 1.165) is 6.42 Å². The lowest BCUT2D eigenvalue weighted by Crippen LogP contribution is -1.92. The third-order valence-corrected chi connectivity index (χ3v) is 3.17. The summed E-state index contributed by atoms with van der Waals surface area (Å²) in [4.78, 5) is 0. The largest absolute Gasteiger partial charge is 0.0732 e. The topological polar surface area (TPSA) is 0 Å². The average molecular weight is 194 g/mol. The van der Waals surface area contributed by atoms with E-state index in [-0.39, 0.29) is 0 Å². The Bertz CT molecular complexity index is 475. The highest BCUT2D eigenvalue weighted by Gasteiger charge is 2.13. The van der Waals surface area contributed by atoms with Crippen molar-refractivity contribution in [1.82, 2.24) is 0 Å². The van der Waals surface area contributed by atoms with Crippen LogP contribution in [0.3, 0.4) is 0 Å². The van der Waals surface area contributed by atoms with Gasteiger partial charge < -0.3 is 0 Å². The molecule has 0 heterocycles. The maximum absolute atomic E-state index is 2.35. The van der Waals surface area contributed by atoms with Crippen molar-refractivity contribution in [2.75, 3.05) is 0 Å². The van der Waals surface area contributed by atoms with Crippen LogP contribution in [0.2, 0.25) is 0 Å². The first-order valence-electron chi connectivity index (χ1n) is 5.48. The first-order chi connectivity index (χ1) is 7.33. The average Bonchev–Trinajstić information content (AvgIpc) is 2.82. The van der Waals surface area contributed by atoms with E-state index >= 15 is 0 Å². The summed E-state index contributed by atoms with van der Waals surface area (Å²) in [5, 5.41) is 0. The van der Waals surface area contributed by atoms with Crippen LogP contribution < -0.4 is 0 Å². The molecule has 74 valence electrons. The number of benzene rings is 1. The zero-order valence-corrected chi connectivity index (χ0v) is 8.90. The predicted octanol–water partition coefficient (Wildman–Crippen LogP) is 3.86. The van der Waals surface area contributed by atoms with Crippen LogP contribution in [-0.2, 0) is 6.42 Å². The fourth-order valence-electron chi connectivity index (χ4n) is 2.40. The fourth-order valence-corrected chi connectivity index (χ4v) is 2.40. The molecule has 0 saturated heterocycles. The zero-order valence-electron chi connectivity index (χ0n) is 8.90. The van der Waals surface area contributed by atoms with Crippen LogP contribution in [0, 0.1) is 0 Å². The molecule has 0 radical (unpaired) electrons. The van der Waals surface area contributed by atoms with Crippen molar-refractivity contribution in [2.45, 2.75) is 19.3 Å². The van der Waals surface area contributed by atoms with Gasteiger partial charge in [0.05, 0.1) is 0 Å². The SMILES string of the molecule is CC1=Cc2ccc(C3C=CC=C3)cc2C1. The Kier molecular flexibility index (Phi) is 1.88. The van der Waals surface area contributed by atoms with Crippen LogP contribution in [0.1, 0.15) is 29.5 Å². The van der Waals surface area contributed by atoms with E-state index in [1.54, 1.807) is 0 Å². The van der Waals surface area contributed by atoms with Crippen molar-refractivity contribution in [3.63, 3.8) is 0 Å². The molecule has 0 amide bonds. The van der Waals surface area contributed by atoms with Crippen LogP contribution in [0.5, 0.6) is 0 Å². The maximum Gasteiger partial charge on any atom is 0.0204 e. The second-order valence-corrected chi connectivity index (χ2v) is 4.42. The summed E-state index contributed by atoms with van der Waals surface area (Å²) in [7, 11) is 0. The number of allylic oxidation sites excluding steroid dienone is 5. The van der Waals surface area contributed by atoms with Crippen molar-refractivity contribution >= 4 is 6.08 Å². The molecular weight excluding hydrogens is 180 g/mol. The summed E-state index contributed by atoms with van der Waals surface area (Å²) in [6.45, 7) is 2.20. The molecule has 0 spiro atoms. The van der Waals surface area contributed by atoms with Gasteiger partial charge in [0, 0.05) is 5.92 Å². The summed E-state index contributed by atoms with van der Waals surface area (Å²) in [6.07, 6.45) is 12.2. The van der Waals surface area contributed by atoms with Crippen molar-refractivity contribution in [3.05, 3.63) is 64.8 Å². The van der Waals surface area contributed by atoms with Gasteiger partial charge in [-0.05, 0) is 30.0 Å². The molecular formula is C15H14.